The molecular formula is C43H46N2O3. The van der Waals surface area contributed by atoms with Crippen molar-refractivity contribution in [3.63, 3.8) is 0 Å². The SMILES string of the molecule is Cc1cc(CN2CCCC2C(O)(c2ccccc2)c2ccccc2)c(O)c(CN2CCCC2C(O)(c2ccccc2)c2ccccc2)c1. The molecule has 246 valence electrons. The highest BCUT2D eigenvalue weighted by Gasteiger charge is 2.47. The second kappa shape index (κ2) is 13.7. The number of likely N-dealkylation sites (tertiary alicyclic amines) is 2. The van der Waals surface area contributed by atoms with Crippen LogP contribution in [0, 0.1) is 6.92 Å². The number of aromatic hydroxyl groups is 1. The molecule has 5 aromatic rings. The molecule has 0 aliphatic carbocycles. The number of benzene rings is 5. The fourth-order valence-electron chi connectivity index (χ4n) is 8.46. The molecule has 5 aromatic carbocycles. The van der Waals surface area contributed by atoms with Crippen LogP contribution < -0.4 is 0 Å². The van der Waals surface area contributed by atoms with Gasteiger partial charge in [0.25, 0.3) is 0 Å². The Morgan fingerprint density at radius 2 is 0.854 bits per heavy atom. The molecule has 0 bridgehead atoms. The van der Waals surface area contributed by atoms with Crippen molar-refractivity contribution >= 4 is 0 Å². The minimum Gasteiger partial charge on any atom is -0.507 e. The molecule has 5 heteroatoms. The standard InChI is InChI=1S/C43H46N2O3/c1-32-28-33(30-44-26-14-24-39(44)42(47,35-16-6-2-7-17-35)36-18-8-3-9-19-36)41(46)34(29-32)31-45-27-15-25-40(45)43(48,37-20-10-4-11-21-37)38-22-12-5-13-23-38/h2-13,16-23,28-29,39-40,46-48H,14-15,24-27,30-31H2,1H3. The van der Waals surface area contributed by atoms with Crippen LogP contribution in [0.2, 0.25) is 0 Å². The molecule has 2 fully saturated rings. The maximum atomic E-state index is 12.6. The molecule has 0 saturated carbocycles. The van der Waals surface area contributed by atoms with Crippen LogP contribution in [0.25, 0.3) is 0 Å². The highest BCUT2D eigenvalue weighted by molar-refractivity contribution is 5.45. The van der Waals surface area contributed by atoms with Gasteiger partial charge in [0.2, 0.25) is 0 Å². The summed E-state index contributed by atoms with van der Waals surface area (Å²) >= 11 is 0. The molecule has 0 aromatic heterocycles. The summed E-state index contributed by atoms with van der Waals surface area (Å²) in [6, 6.07) is 43.9. The molecule has 2 atom stereocenters. The lowest BCUT2D eigenvalue weighted by atomic mass is 9.79. The minimum atomic E-state index is -1.19. The van der Waals surface area contributed by atoms with Gasteiger partial charge in [-0.3, -0.25) is 9.80 Å². The van der Waals surface area contributed by atoms with E-state index in [0.717, 1.165) is 77.7 Å². The van der Waals surface area contributed by atoms with Gasteiger partial charge in [0.1, 0.15) is 17.0 Å². The maximum absolute atomic E-state index is 12.6. The van der Waals surface area contributed by atoms with E-state index >= 15 is 0 Å². The molecule has 2 heterocycles. The quantitative estimate of drug-likeness (QED) is 0.148. The van der Waals surface area contributed by atoms with E-state index in [2.05, 4.69) is 28.9 Å². The third-order valence-corrected chi connectivity index (χ3v) is 10.7. The van der Waals surface area contributed by atoms with Crippen LogP contribution in [0.15, 0.2) is 133 Å². The minimum absolute atomic E-state index is 0.152. The first kappa shape index (κ1) is 32.3. The number of nitrogens with zero attached hydrogens (tertiary/aromatic N) is 2. The van der Waals surface area contributed by atoms with Crippen LogP contribution in [0.5, 0.6) is 5.75 Å². The predicted octanol–water partition coefficient (Wildman–Crippen LogP) is 7.50. The number of hydrogen-bond donors (Lipinski definition) is 3. The van der Waals surface area contributed by atoms with Crippen molar-refractivity contribution in [3.05, 3.63) is 172 Å². The number of aliphatic hydroxyl groups is 2. The first-order chi connectivity index (χ1) is 23.4. The van der Waals surface area contributed by atoms with Gasteiger partial charge in [-0.05, 0) is 68.0 Å². The fraction of sp³-hybridized carbons (Fsp3) is 0.302. The molecular weight excluding hydrogens is 592 g/mol. The van der Waals surface area contributed by atoms with Crippen LogP contribution in [0.4, 0.5) is 0 Å². The van der Waals surface area contributed by atoms with Gasteiger partial charge in [-0.1, -0.05) is 139 Å². The van der Waals surface area contributed by atoms with Crippen LogP contribution >= 0.6 is 0 Å². The van der Waals surface area contributed by atoms with E-state index < -0.39 is 11.2 Å². The Labute approximate surface area is 284 Å². The predicted molar refractivity (Wildman–Crippen MR) is 191 cm³/mol. The first-order valence-corrected chi connectivity index (χ1v) is 17.4. The molecule has 7 rings (SSSR count). The van der Waals surface area contributed by atoms with Crippen LogP contribution in [-0.2, 0) is 24.3 Å². The zero-order chi connectivity index (χ0) is 33.1. The van der Waals surface area contributed by atoms with E-state index in [-0.39, 0.29) is 12.1 Å². The smallest absolute Gasteiger partial charge is 0.130 e. The van der Waals surface area contributed by atoms with E-state index in [9.17, 15) is 15.3 Å². The number of phenols is 1. The Morgan fingerprint density at radius 1 is 0.542 bits per heavy atom. The average molecular weight is 639 g/mol. The Bertz CT molecular complexity index is 1590. The molecule has 2 saturated heterocycles. The van der Waals surface area contributed by atoms with Crippen LogP contribution in [0.1, 0.15) is 64.6 Å². The zero-order valence-corrected chi connectivity index (χ0v) is 27.7. The molecule has 0 amide bonds. The molecule has 0 radical (unpaired) electrons. The second-order valence-corrected chi connectivity index (χ2v) is 13.7. The summed E-state index contributed by atoms with van der Waals surface area (Å²) in [4.78, 5) is 4.70. The number of hydrogen-bond acceptors (Lipinski definition) is 5. The summed E-state index contributed by atoms with van der Waals surface area (Å²) in [5, 5.41) is 37.2. The van der Waals surface area contributed by atoms with E-state index in [1.54, 1.807) is 0 Å². The molecule has 3 N–H and O–H groups in total. The topological polar surface area (TPSA) is 67.2 Å². The van der Waals surface area contributed by atoms with Crippen LogP contribution in [0.3, 0.4) is 0 Å². The van der Waals surface area contributed by atoms with Crippen LogP contribution in [-0.4, -0.2) is 50.3 Å². The summed E-state index contributed by atoms with van der Waals surface area (Å²) in [6.45, 7) is 4.84. The van der Waals surface area contributed by atoms with Crippen molar-refractivity contribution in [1.82, 2.24) is 9.80 Å². The zero-order valence-electron chi connectivity index (χ0n) is 27.7. The second-order valence-electron chi connectivity index (χ2n) is 13.7. The summed E-state index contributed by atoms with van der Waals surface area (Å²) in [6.07, 6.45) is 3.65. The summed E-state index contributed by atoms with van der Waals surface area (Å²) < 4.78 is 0. The molecule has 0 spiro atoms. The average Bonchev–Trinajstić information content (AvgIpc) is 3.81. The van der Waals surface area contributed by atoms with Gasteiger partial charge in [0.15, 0.2) is 0 Å². The van der Waals surface area contributed by atoms with Crippen molar-refractivity contribution in [1.29, 1.82) is 0 Å². The Morgan fingerprint density at radius 3 is 1.17 bits per heavy atom. The number of phenolic OH excluding ortho intramolecular Hbond substituents is 1. The van der Waals surface area contributed by atoms with Gasteiger partial charge in [-0.2, -0.15) is 0 Å². The van der Waals surface area contributed by atoms with Gasteiger partial charge in [0.05, 0.1) is 0 Å². The fourth-order valence-corrected chi connectivity index (χ4v) is 8.46. The largest absolute Gasteiger partial charge is 0.507 e. The highest BCUT2D eigenvalue weighted by atomic mass is 16.3. The molecule has 2 aliphatic rings. The Hall–Kier alpha value is -4.26. The van der Waals surface area contributed by atoms with E-state index in [4.69, 9.17) is 0 Å². The molecule has 48 heavy (non-hydrogen) atoms. The van der Waals surface area contributed by atoms with Crippen molar-refractivity contribution in [2.45, 2.75) is 69.0 Å². The van der Waals surface area contributed by atoms with Gasteiger partial charge >= 0.3 is 0 Å². The number of rotatable bonds is 10. The lowest BCUT2D eigenvalue weighted by Crippen LogP contribution is -2.48. The summed E-state index contributed by atoms with van der Waals surface area (Å²) in [5.41, 5.74) is 3.98. The van der Waals surface area contributed by atoms with Gasteiger partial charge in [0, 0.05) is 36.3 Å². The lowest BCUT2D eigenvalue weighted by Gasteiger charge is -2.41. The third kappa shape index (κ3) is 5.97. The van der Waals surface area contributed by atoms with E-state index in [0.29, 0.717) is 18.8 Å². The monoisotopic (exact) mass is 638 g/mol. The van der Waals surface area contributed by atoms with Gasteiger partial charge in [-0.25, -0.2) is 0 Å². The summed E-state index contributed by atoms with van der Waals surface area (Å²) in [5.74, 6) is 0.308. The molecule has 5 nitrogen and oxygen atoms in total. The Balaban J connectivity index is 1.19. The number of aryl methyl sites for hydroxylation is 1. The van der Waals surface area contributed by atoms with E-state index in [1.807, 2.05) is 121 Å². The first-order valence-electron chi connectivity index (χ1n) is 17.4. The maximum Gasteiger partial charge on any atom is 0.130 e. The van der Waals surface area contributed by atoms with Gasteiger partial charge in [-0.15, -0.1) is 0 Å². The van der Waals surface area contributed by atoms with Crippen molar-refractivity contribution < 1.29 is 15.3 Å². The normalized spacial score (nSPS) is 19.1. The highest BCUT2D eigenvalue weighted by Crippen LogP contribution is 2.43. The van der Waals surface area contributed by atoms with Crippen molar-refractivity contribution in [3.8, 4) is 5.75 Å². The summed E-state index contributed by atoms with van der Waals surface area (Å²) in [7, 11) is 0. The van der Waals surface area contributed by atoms with Gasteiger partial charge < -0.3 is 15.3 Å². The van der Waals surface area contributed by atoms with Crippen molar-refractivity contribution in [2.24, 2.45) is 0 Å². The third-order valence-electron chi connectivity index (χ3n) is 10.7. The van der Waals surface area contributed by atoms with E-state index in [1.165, 1.54) is 0 Å². The van der Waals surface area contributed by atoms with Crippen molar-refractivity contribution in [2.75, 3.05) is 13.1 Å². The lowest BCUT2D eigenvalue weighted by molar-refractivity contribution is -0.00734. The molecule has 2 unspecified atom stereocenters. The Kier molecular flexibility index (Phi) is 9.21. The molecule has 2 aliphatic heterocycles.